The average Bonchev–Trinajstić information content (AvgIpc) is 3.35. The van der Waals surface area contributed by atoms with Gasteiger partial charge in [-0.3, -0.25) is 18.7 Å². The predicted octanol–water partition coefficient (Wildman–Crippen LogP) is 3.14. The Bertz CT molecular complexity index is 1750. The number of benzene rings is 1. The summed E-state index contributed by atoms with van der Waals surface area (Å²) in [5, 5.41) is 11.7. The van der Waals surface area contributed by atoms with Crippen molar-refractivity contribution in [3.63, 3.8) is 0 Å². The molecular formula is C31H39N7O6. The van der Waals surface area contributed by atoms with Gasteiger partial charge in [0.25, 0.3) is 5.56 Å². The molecule has 234 valence electrons. The van der Waals surface area contributed by atoms with Gasteiger partial charge >= 0.3 is 11.8 Å². The van der Waals surface area contributed by atoms with Crippen LogP contribution in [0.2, 0.25) is 0 Å². The van der Waals surface area contributed by atoms with Crippen LogP contribution in [0.1, 0.15) is 57.8 Å². The first-order valence-corrected chi connectivity index (χ1v) is 14.5. The number of ether oxygens (including phenoxy) is 2. The van der Waals surface area contributed by atoms with E-state index in [-0.39, 0.29) is 29.4 Å². The van der Waals surface area contributed by atoms with Crippen LogP contribution in [0.15, 0.2) is 45.5 Å². The molecule has 1 aliphatic heterocycles. The van der Waals surface area contributed by atoms with Gasteiger partial charge in [-0.05, 0) is 59.6 Å². The molecule has 0 spiro atoms. The molecule has 0 radical (unpaired) electrons. The first-order valence-electron chi connectivity index (χ1n) is 14.5. The molecule has 3 heterocycles. The Morgan fingerprint density at radius 2 is 1.95 bits per heavy atom. The largest absolute Gasteiger partial charge is 0.479 e. The molecule has 4 rings (SSSR count). The van der Waals surface area contributed by atoms with Crippen LogP contribution in [0, 0.1) is 11.3 Å². The monoisotopic (exact) mass is 605 g/mol. The fraction of sp³-hybridized carbons (Fsp3) is 0.484. The molecule has 2 aromatic heterocycles. The third-order valence-electron chi connectivity index (χ3n) is 7.08. The van der Waals surface area contributed by atoms with Crippen LogP contribution in [0.25, 0.3) is 11.2 Å². The van der Waals surface area contributed by atoms with E-state index in [4.69, 9.17) is 19.7 Å². The van der Waals surface area contributed by atoms with E-state index in [0.717, 1.165) is 23.0 Å². The van der Waals surface area contributed by atoms with Gasteiger partial charge in [0, 0.05) is 38.3 Å². The summed E-state index contributed by atoms with van der Waals surface area (Å²) in [7, 11) is 1.52. The van der Waals surface area contributed by atoms with Crippen molar-refractivity contribution in [2.75, 3.05) is 24.6 Å². The van der Waals surface area contributed by atoms with Crippen molar-refractivity contribution in [2.24, 2.45) is 7.05 Å². The van der Waals surface area contributed by atoms with Crippen LogP contribution in [0.3, 0.4) is 0 Å². The van der Waals surface area contributed by atoms with Gasteiger partial charge in [0.05, 0.1) is 6.54 Å². The molecule has 1 aromatic carbocycles. The molecule has 1 amide bonds. The number of imidazole rings is 1. The third-order valence-corrected chi connectivity index (χ3v) is 7.08. The highest BCUT2D eigenvalue weighted by atomic mass is 16.6. The molecular weight excluding hydrogens is 566 g/mol. The van der Waals surface area contributed by atoms with Gasteiger partial charge < -0.3 is 24.3 Å². The summed E-state index contributed by atoms with van der Waals surface area (Å²) in [6.45, 7) is 10.0. The van der Waals surface area contributed by atoms with E-state index in [1.807, 2.05) is 30.9 Å². The second-order valence-electron chi connectivity index (χ2n) is 12.0. The van der Waals surface area contributed by atoms with E-state index in [1.165, 1.54) is 17.7 Å². The minimum absolute atomic E-state index is 0.179. The summed E-state index contributed by atoms with van der Waals surface area (Å²) in [6.07, 6.45) is 2.97. The Morgan fingerprint density at radius 1 is 1.20 bits per heavy atom. The maximum absolute atomic E-state index is 13.9. The van der Waals surface area contributed by atoms with Crippen molar-refractivity contribution in [1.82, 2.24) is 24.0 Å². The summed E-state index contributed by atoms with van der Waals surface area (Å²) >= 11 is 0. The van der Waals surface area contributed by atoms with E-state index in [9.17, 15) is 19.2 Å². The van der Waals surface area contributed by atoms with Crippen molar-refractivity contribution in [3.8, 4) is 11.8 Å². The molecule has 13 nitrogen and oxygen atoms in total. The first-order chi connectivity index (χ1) is 20.8. The van der Waals surface area contributed by atoms with Crippen LogP contribution in [0.5, 0.6) is 5.75 Å². The average molecular weight is 606 g/mol. The first kappa shape index (κ1) is 32.1. The fourth-order valence-corrected chi connectivity index (χ4v) is 5.05. The number of nitrogens with one attached hydrogen (secondary N) is 1. The number of hydrogen-bond acceptors (Lipinski definition) is 9. The Labute approximate surface area is 255 Å². The Morgan fingerprint density at radius 3 is 2.64 bits per heavy atom. The maximum atomic E-state index is 13.9. The lowest BCUT2D eigenvalue weighted by molar-refractivity contribution is 0.0499. The minimum atomic E-state index is -0.672. The Kier molecular flexibility index (Phi) is 9.62. The topological polar surface area (TPSA) is 153 Å². The SMILES string of the molecule is CC(C)=CCn1c(N2CCCC(NC(=O)OC(C)(C)C)C2)nc2c1c(=O)n(CC(=O)c1cccc(OCC#N)c1)c(=O)n2C. The number of alkyl carbamates (subject to hydrolysis) is 1. The lowest BCUT2D eigenvalue weighted by atomic mass is 10.1. The number of fused-ring (bicyclic) bond motifs is 1. The number of hydrogen-bond donors (Lipinski definition) is 1. The molecule has 1 saturated heterocycles. The second kappa shape index (κ2) is 13.2. The molecule has 13 heteroatoms. The number of piperidine rings is 1. The number of carbonyl (C=O) groups excluding carboxylic acids is 2. The van der Waals surface area contributed by atoms with Crippen molar-refractivity contribution in [3.05, 3.63) is 62.3 Å². The van der Waals surface area contributed by atoms with Gasteiger partial charge in [0.1, 0.15) is 17.4 Å². The Hall–Kier alpha value is -4.86. The van der Waals surface area contributed by atoms with E-state index in [0.29, 0.717) is 31.3 Å². The van der Waals surface area contributed by atoms with Crippen molar-refractivity contribution >= 4 is 29.0 Å². The van der Waals surface area contributed by atoms with Gasteiger partial charge in [0.15, 0.2) is 23.6 Å². The zero-order valence-electron chi connectivity index (χ0n) is 26.0. The van der Waals surface area contributed by atoms with Crippen LogP contribution >= 0.6 is 0 Å². The standard InChI is InChI=1S/C31H39N7O6/c1-20(2)12-15-37-25-26(34-28(37)36-14-8-10-22(18-36)33-29(41)44-31(3,4)5)35(6)30(42)38(27(25)40)19-24(39)21-9-7-11-23(17-21)43-16-13-32/h7,9,11-12,17,22H,8,10,14-16,18-19H2,1-6H3,(H,33,41). The van der Waals surface area contributed by atoms with Crippen LogP contribution in [-0.4, -0.2) is 61.9 Å². The number of carbonyl (C=O) groups is 2. The van der Waals surface area contributed by atoms with E-state index in [1.54, 1.807) is 43.5 Å². The number of nitrogens with zero attached hydrogens (tertiary/aromatic N) is 6. The number of allylic oxidation sites excluding steroid dienone is 2. The van der Waals surface area contributed by atoms with Gasteiger partial charge in [-0.25, -0.2) is 9.59 Å². The number of nitriles is 1. The molecule has 1 N–H and O–H groups in total. The summed E-state index contributed by atoms with van der Waals surface area (Å²) in [4.78, 5) is 59.8. The van der Waals surface area contributed by atoms with E-state index >= 15 is 0 Å². The van der Waals surface area contributed by atoms with Gasteiger partial charge in [-0.1, -0.05) is 23.8 Å². The number of aryl methyl sites for hydroxylation is 1. The van der Waals surface area contributed by atoms with Gasteiger partial charge in [-0.15, -0.1) is 0 Å². The van der Waals surface area contributed by atoms with Gasteiger partial charge in [-0.2, -0.15) is 10.2 Å². The Balaban J connectivity index is 1.73. The third kappa shape index (κ3) is 7.37. The highest BCUT2D eigenvalue weighted by Gasteiger charge is 2.29. The number of rotatable bonds is 9. The number of ketones is 1. The molecule has 0 bridgehead atoms. The van der Waals surface area contributed by atoms with Crippen molar-refractivity contribution in [2.45, 2.75) is 72.2 Å². The quantitative estimate of drug-likeness (QED) is 0.286. The highest BCUT2D eigenvalue weighted by molar-refractivity contribution is 5.96. The van der Waals surface area contributed by atoms with Crippen LogP contribution in [-0.2, 0) is 24.9 Å². The molecule has 3 aromatic rings. The molecule has 1 aliphatic rings. The number of aromatic nitrogens is 4. The van der Waals surface area contributed by atoms with E-state index < -0.39 is 35.3 Å². The zero-order valence-corrected chi connectivity index (χ0v) is 26.0. The number of Topliss-reactive ketones (excluding diaryl/α,β-unsaturated/α-hetero) is 1. The number of anilines is 1. The minimum Gasteiger partial charge on any atom is -0.479 e. The lowest BCUT2D eigenvalue weighted by Crippen LogP contribution is -2.49. The molecule has 1 atom stereocenters. The van der Waals surface area contributed by atoms with Gasteiger partial charge in [0.2, 0.25) is 5.95 Å². The van der Waals surface area contributed by atoms with Crippen molar-refractivity contribution in [1.29, 1.82) is 5.26 Å². The molecule has 0 aliphatic carbocycles. The maximum Gasteiger partial charge on any atom is 0.407 e. The second-order valence-corrected chi connectivity index (χ2v) is 12.0. The highest BCUT2D eigenvalue weighted by Crippen LogP contribution is 2.24. The van der Waals surface area contributed by atoms with E-state index in [2.05, 4.69) is 5.32 Å². The summed E-state index contributed by atoms with van der Waals surface area (Å²) in [5.41, 5.74) is -0.263. The zero-order chi connectivity index (χ0) is 32.2. The number of amides is 1. The lowest BCUT2D eigenvalue weighted by Gasteiger charge is -2.34. The van der Waals surface area contributed by atoms with Crippen LogP contribution in [0.4, 0.5) is 10.7 Å². The normalized spacial score (nSPS) is 15.0. The molecule has 1 unspecified atom stereocenters. The molecule has 44 heavy (non-hydrogen) atoms. The summed E-state index contributed by atoms with van der Waals surface area (Å²) in [6, 6.07) is 7.92. The molecule has 1 fully saturated rings. The summed E-state index contributed by atoms with van der Waals surface area (Å²) in [5.74, 6) is 0.360. The van der Waals surface area contributed by atoms with Crippen LogP contribution < -0.4 is 26.2 Å². The summed E-state index contributed by atoms with van der Waals surface area (Å²) < 4.78 is 14.7. The predicted molar refractivity (Wildman–Crippen MR) is 165 cm³/mol. The molecule has 0 saturated carbocycles. The fourth-order valence-electron chi connectivity index (χ4n) is 5.05. The smallest absolute Gasteiger partial charge is 0.407 e. The van der Waals surface area contributed by atoms with Crippen molar-refractivity contribution < 1.29 is 19.1 Å².